The minimum atomic E-state index is -0.0134. The Morgan fingerprint density at radius 1 is 1.43 bits per heavy atom. The molecule has 1 aromatic carbocycles. The van der Waals surface area contributed by atoms with Gasteiger partial charge >= 0.3 is 6.03 Å². The molecule has 1 aliphatic rings. The molecular formula is C17H26N2O2. The molecule has 0 saturated carbocycles. The van der Waals surface area contributed by atoms with Crippen LogP contribution in [0, 0.1) is 12.8 Å². The van der Waals surface area contributed by atoms with Crippen molar-refractivity contribution in [3.05, 3.63) is 35.4 Å². The highest BCUT2D eigenvalue weighted by molar-refractivity contribution is 5.74. The van der Waals surface area contributed by atoms with Crippen LogP contribution in [0.15, 0.2) is 24.3 Å². The molecule has 2 N–H and O–H groups in total. The quantitative estimate of drug-likeness (QED) is 0.896. The van der Waals surface area contributed by atoms with Gasteiger partial charge in [-0.25, -0.2) is 4.79 Å². The monoisotopic (exact) mass is 290 g/mol. The molecule has 2 amide bonds. The van der Waals surface area contributed by atoms with Crippen LogP contribution in [-0.2, 0) is 0 Å². The number of hydrogen-bond donors (Lipinski definition) is 2. The summed E-state index contributed by atoms with van der Waals surface area (Å²) in [5.41, 5.74) is 2.37. The van der Waals surface area contributed by atoms with Crippen molar-refractivity contribution in [1.29, 1.82) is 0 Å². The third kappa shape index (κ3) is 4.21. The van der Waals surface area contributed by atoms with E-state index in [0.717, 1.165) is 31.4 Å². The molecule has 4 nitrogen and oxygen atoms in total. The molecule has 1 aliphatic heterocycles. The molecule has 0 radical (unpaired) electrons. The van der Waals surface area contributed by atoms with E-state index in [1.807, 2.05) is 4.90 Å². The number of nitrogens with one attached hydrogen (secondary N) is 1. The first-order valence-corrected chi connectivity index (χ1v) is 7.87. The molecular weight excluding hydrogens is 264 g/mol. The Morgan fingerprint density at radius 3 is 2.76 bits per heavy atom. The van der Waals surface area contributed by atoms with Crippen molar-refractivity contribution >= 4 is 6.03 Å². The molecule has 1 fully saturated rings. The fourth-order valence-electron chi connectivity index (χ4n) is 2.86. The topological polar surface area (TPSA) is 52.6 Å². The Balaban J connectivity index is 1.97. The van der Waals surface area contributed by atoms with Gasteiger partial charge in [0.05, 0.1) is 6.04 Å². The smallest absolute Gasteiger partial charge is 0.317 e. The maximum absolute atomic E-state index is 12.4. The maximum Gasteiger partial charge on any atom is 0.317 e. The molecule has 0 aliphatic carbocycles. The zero-order chi connectivity index (χ0) is 15.2. The van der Waals surface area contributed by atoms with Crippen molar-refractivity contribution in [1.82, 2.24) is 10.2 Å². The Kier molecular flexibility index (Phi) is 5.62. The number of carbonyl (C=O) groups excluding carboxylic acids is 1. The molecule has 116 valence electrons. The van der Waals surface area contributed by atoms with E-state index in [4.69, 9.17) is 0 Å². The molecule has 0 aromatic heterocycles. The summed E-state index contributed by atoms with van der Waals surface area (Å²) in [4.78, 5) is 14.2. The van der Waals surface area contributed by atoms with Gasteiger partial charge in [-0.3, -0.25) is 0 Å². The van der Waals surface area contributed by atoms with Crippen molar-refractivity contribution in [2.45, 2.75) is 39.2 Å². The van der Waals surface area contributed by atoms with Gasteiger partial charge in [-0.05, 0) is 37.7 Å². The fraction of sp³-hybridized carbons (Fsp3) is 0.588. The summed E-state index contributed by atoms with van der Waals surface area (Å²) in [7, 11) is 0. The van der Waals surface area contributed by atoms with Gasteiger partial charge in [0, 0.05) is 19.7 Å². The Hall–Kier alpha value is -1.55. The number of aliphatic hydroxyl groups is 1. The Labute approximate surface area is 127 Å². The molecule has 2 rings (SSSR count). The van der Waals surface area contributed by atoms with Gasteiger partial charge in [0.15, 0.2) is 0 Å². The second kappa shape index (κ2) is 7.46. The van der Waals surface area contributed by atoms with E-state index in [1.54, 1.807) is 0 Å². The molecule has 2 atom stereocenters. The van der Waals surface area contributed by atoms with Gasteiger partial charge in [-0.1, -0.05) is 36.8 Å². The van der Waals surface area contributed by atoms with E-state index in [9.17, 15) is 9.90 Å². The number of aryl methyl sites for hydroxylation is 1. The number of urea groups is 1. The van der Waals surface area contributed by atoms with Crippen LogP contribution in [-0.4, -0.2) is 35.7 Å². The first-order chi connectivity index (χ1) is 10.1. The molecule has 1 saturated heterocycles. The number of nitrogens with zero attached hydrogens (tertiary/aromatic N) is 1. The van der Waals surface area contributed by atoms with Gasteiger partial charge in [-0.15, -0.1) is 0 Å². The van der Waals surface area contributed by atoms with E-state index >= 15 is 0 Å². The Bertz CT molecular complexity index is 458. The average molecular weight is 290 g/mol. The molecule has 4 heteroatoms. The number of benzene rings is 1. The van der Waals surface area contributed by atoms with Crippen molar-refractivity contribution in [2.24, 2.45) is 5.92 Å². The summed E-state index contributed by atoms with van der Waals surface area (Å²) in [6.07, 6.45) is 2.85. The summed E-state index contributed by atoms with van der Waals surface area (Å²) in [6.45, 7) is 5.75. The third-order valence-electron chi connectivity index (χ3n) is 4.25. The molecule has 1 aromatic rings. The van der Waals surface area contributed by atoms with Gasteiger partial charge in [0.2, 0.25) is 0 Å². The highest BCUT2D eigenvalue weighted by Crippen LogP contribution is 2.20. The predicted molar refractivity (Wildman–Crippen MR) is 84.1 cm³/mol. The number of amides is 2. The molecule has 2 unspecified atom stereocenters. The number of aliphatic hydroxyl groups excluding tert-OH is 1. The van der Waals surface area contributed by atoms with Crippen LogP contribution in [0.4, 0.5) is 4.79 Å². The number of carbonyl (C=O) groups is 1. The minimum absolute atomic E-state index is 0.0134. The van der Waals surface area contributed by atoms with Gasteiger partial charge in [0.1, 0.15) is 0 Å². The zero-order valence-corrected chi connectivity index (χ0v) is 13.0. The largest absolute Gasteiger partial charge is 0.396 e. The lowest BCUT2D eigenvalue weighted by molar-refractivity contribution is 0.127. The first-order valence-electron chi connectivity index (χ1n) is 7.87. The van der Waals surface area contributed by atoms with Crippen molar-refractivity contribution in [3.63, 3.8) is 0 Å². The van der Waals surface area contributed by atoms with Crippen LogP contribution in [0.3, 0.4) is 0 Å². The van der Waals surface area contributed by atoms with Crippen molar-refractivity contribution in [2.75, 3.05) is 19.7 Å². The van der Waals surface area contributed by atoms with Crippen LogP contribution >= 0.6 is 0 Å². The first kappa shape index (κ1) is 15.8. The summed E-state index contributed by atoms with van der Waals surface area (Å²) >= 11 is 0. The predicted octanol–water partition coefficient (Wildman–Crippen LogP) is 2.86. The maximum atomic E-state index is 12.4. The lowest BCUT2D eigenvalue weighted by Gasteiger charge is -2.33. The van der Waals surface area contributed by atoms with E-state index in [2.05, 4.69) is 43.4 Å². The Morgan fingerprint density at radius 2 is 2.14 bits per heavy atom. The summed E-state index contributed by atoms with van der Waals surface area (Å²) in [5.74, 6) is 0.226. The zero-order valence-electron chi connectivity index (χ0n) is 13.0. The number of rotatable bonds is 4. The fourth-order valence-corrected chi connectivity index (χ4v) is 2.86. The molecule has 0 bridgehead atoms. The van der Waals surface area contributed by atoms with Crippen molar-refractivity contribution in [3.8, 4) is 0 Å². The number of hydrogen-bond acceptors (Lipinski definition) is 2. The minimum Gasteiger partial charge on any atom is -0.396 e. The van der Waals surface area contributed by atoms with Gasteiger partial charge in [0.25, 0.3) is 0 Å². The summed E-state index contributed by atoms with van der Waals surface area (Å²) < 4.78 is 0. The van der Waals surface area contributed by atoms with Crippen LogP contribution < -0.4 is 5.32 Å². The van der Waals surface area contributed by atoms with E-state index in [-0.39, 0.29) is 24.6 Å². The third-order valence-corrected chi connectivity index (χ3v) is 4.25. The van der Waals surface area contributed by atoms with E-state index < -0.39 is 0 Å². The second-order valence-electron chi connectivity index (χ2n) is 5.96. The SMILES string of the molecule is CCC(NC(=O)N1CCCC(CO)C1)c1ccc(C)cc1. The van der Waals surface area contributed by atoms with Gasteiger partial charge < -0.3 is 15.3 Å². The molecule has 1 heterocycles. The molecule has 0 spiro atoms. The van der Waals surface area contributed by atoms with E-state index in [1.165, 1.54) is 5.56 Å². The number of piperidine rings is 1. The standard InChI is InChI=1S/C17H26N2O2/c1-3-16(15-8-6-13(2)7-9-15)18-17(21)19-10-4-5-14(11-19)12-20/h6-9,14,16,20H,3-5,10-12H2,1-2H3,(H,18,21). The highest BCUT2D eigenvalue weighted by atomic mass is 16.3. The summed E-state index contributed by atoms with van der Waals surface area (Å²) in [5, 5.41) is 12.4. The highest BCUT2D eigenvalue weighted by Gasteiger charge is 2.24. The lowest BCUT2D eigenvalue weighted by Crippen LogP contribution is -2.47. The van der Waals surface area contributed by atoms with Crippen LogP contribution in [0.5, 0.6) is 0 Å². The molecule has 21 heavy (non-hydrogen) atoms. The normalized spacial score (nSPS) is 20.1. The van der Waals surface area contributed by atoms with Crippen LogP contribution in [0.2, 0.25) is 0 Å². The van der Waals surface area contributed by atoms with Gasteiger partial charge in [-0.2, -0.15) is 0 Å². The average Bonchev–Trinajstić information content (AvgIpc) is 2.53. The lowest BCUT2D eigenvalue weighted by atomic mass is 9.99. The number of likely N-dealkylation sites (tertiary alicyclic amines) is 1. The van der Waals surface area contributed by atoms with Crippen LogP contribution in [0.25, 0.3) is 0 Å². The van der Waals surface area contributed by atoms with Crippen molar-refractivity contribution < 1.29 is 9.90 Å². The van der Waals surface area contributed by atoms with Crippen LogP contribution in [0.1, 0.15) is 43.4 Å². The summed E-state index contributed by atoms with van der Waals surface area (Å²) in [6, 6.07) is 8.35. The van der Waals surface area contributed by atoms with E-state index in [0.29, 0.717) is 6.54 Å². The second-order valence-corrected chi connectivity index (χ2v) is 5.96.